The van der Waals surface area contributed by atoms with E-state index in [-0.39, 0.29) is 27.8 Å². The molecular formula is C19H17Cl2FO4S. The van der Waals surface area contributed by atoms with E-state index < -0.39 is 17.4 Å². The van der Waals surface area contributed by atoms with E-state index in [1.807, 2.05) is 0 Å². The zero-order chi connectivity index (χ0) is 19.9. The second kappa shape index (κ2) is 7.51. The van der Waals surface area contributed by atoms with E-state index in [2.05, 4.69) is 0 Å². The Morgan fingerprint density at radius 1 is 1.22 bits per heavy atom. The van der Waals surface area contributed by atoms with Crippen LogP contribution in [-0.4, -0.2) is 24.0 Å². The minimum Gasteiger partial charge on any atom is -0.465 e. The zero-order valence-electron chi connectivity index (χ0n) is 14.7. The van der Waals surface area contributed by atoms with Crippen molar-refractivity contribution in [3.05, 3.63) is 54.4 Å². The van der Waals surface area contributed by atoms with Gasteiger partial charge in [0.25, 0.3) is 0 Å². The molecule has 1 aromatic heterocycles. The molecule has 3 rings (SSSR count). The Kier molecular flexibility index (Phi) is 5.64. The fourth-order valence-electron chi connectivity index (χ4n) is 3.31. The molecule has 0 spiro atoms. The highest BCUT2D eigenvalue weighted by Gasteiger charge is 2.34. The Balaban J connectivity index is 1.92. The topological polar surface area (TPSA) is 63.6 Å². The number of halogens is 3. The Morgan fingerprint density at radius 3 is 2.33 bits per heavy atom. The fraction of sp³-hybridized carbons (Fsp3) is 0.368. The van der Waals surface area contributed by atoms with Crippen LogP contribution in [0.2, 0.25) is 10.0 Å². The molecule has 0 saturated heterocycles. The van der Waals surface area contributed by atoms with Crippen LogP contribution in [0.15, 0.2) is 12.1 Å². The van der Waals surface area contributed by atoms with Gasteiger partial charge in [-0.2, -0.15) is 0 Å². The number of hydrogen-bond donors (Lipinski definition) is 1. The third kappa shape index (κ3) is 3.76. The van der Waals surface area contributed by atoms with Gasteiger partial charge >= 0.3 is 5.97 Å². The van der Waals surface area contributed by atoms with Crippen molar-refractivity contribution >= 4 is 46.3 Å². The number of thiophene rings is 1. The van der Waals surface area contributed by atoms with Gasteiger partial charge in [0.1, 0.15) is 4.88 Å². The first kappa shape index (κ1) is 20.3. The van der Waals surface area contributed by atoms with E-state index in [1.165, 1.54) is 26.2 Å². The summed E-state index contributed by atoms with van der Waals surface area (Å²) in [5.41, 5.74) is 0.367. The first-order valence-electron chi connectivity index (χ1n) is 8.29. The predicted octanol–water partition coefficient (Wildman–Crippen LogP) is 4.95. The molecule has 0 amide bonds. The van der Waals surface area contributed by atoms with Crippen LogP contribution < -0.4 is 0 Å². The maximum atomic E-state index is 13.6. The lowest BCUT2D eigenvalue weighted by atomic mass is 9.89. The van der Waals surface area contributed by atoms with Crippen LogP contribution in [0.25, 0.3) is 0 Å². The number of esters is 1. The number of hydrogen-bond acceptors (Lipinski definition) is 5. The summed E-state index contributed by atoms with van der Waals surface area (Å²) in [6.45, 7) is 1.44. The molecule has 0 radical (unpaired) electrons. The molecule has 1 N–H and O–H groups in total. The van der Waals surface area contributed by atoms with E-state index in [4.69, 9.17) is 27.9 Å². The summed E-state index contributed by atoms with van der Waals surface area (Å²) in [5, 5.41) is 10.4. The van der Waals surface area contributed by atoms with E-state index in [1.54, 1.807) is 0 Å². The molecule has 27 heavy (non-hydrogen) atoms. The maximum absolute atomic E-state index is 13.6. The lowest BCUT2D eigenvalue weighted by Gasteiger charge is -2.23. The first-order valence-corrected chi connectivity index (χ1v) is 9.86. The number of ketones is 1. The summed E-state index contributed by atoms with van der Waals surface area (Å²) < 4.78 is 18.4. The smallest absolute Gasteiger partial charge is 0.348 e. The minimum absolute atomic E-state index is 0.227. The van der Waals surface area contributed by atoms with Gasteiger partial charge in [0.05, 0.1) is 27.6 Å². The molecule has 0 saturated carbocycles. The number of ether oxygens (including phenoxy) is 1. The number of methoxy groups -OCH3 is 1. The maximum Gasteiger partial charge on any atom is 0.348 e. The number of Topliss-reactive ketones (excluding diaryl/α,β-unsaturated/α-hetero) is 1. The second-order valence-corrected chi connectivity index (χ2v) is 8.53. The largest absolute Gasteiger partial charge is 0.465 e. The first-order chi connectivity index (χ1) is 12.7. The lowest BCUT2D eigenvalue weighted by Crippen LogP contribution is -2.25. The van der Waals surface area contributed by atoms with Crippen molar-refractivity contribution in [3.8, 4) is 0 Å². The van der Waals surface area contributed by atoms with Gasteiger partial charge in [0, 0.05) is 6.42 Å². The molecule has 0 aliphatic heterocycles. The van der Waals surface area contributed by atoms with Crippen molar-refractivity contribution in [1.29, 1.82) is 0 Å². The molecule has 0 bridgehead atoms. The van der Waals surface area contributed by atoms with Crippen LogP contribution in [0.4, 0.5) is 4.39 Å². The molecule has 0 fully saturated rings. The van der Waals surface area contributed by atoms with Crippen LogP contribution >= 0.6 is 34.5 Å². The van der Waals surface area contributed by atoms with Crippen LogP contribution in [0, 0.1) is 5.82 Å². The number of carbonyl (C=O) groups excluding carboxylic acids is 2. The van der Waals surface area contributed by atoms with Gasteiger partial charge in [-0.3, -0.25) is 4.79 Å². The molecule has 1 aliphatic carbocycles. The van der Waals surface area contributed by atoms with Crippen molar-refractivity contribution in [1.82, 2.24) is 0 Å². The molecule has 1 aliphatic rings. The number of rotatable bonds is 5. The average Bonchev–Trinajstić information content (AvgIpc) is 3.20. The summed E-state index contributed by atoms with van der Waals surface area (Å²) in [5.74, 6) is -1.53. The highest BCUT2D eigenvalue weighted by atomic mass is 35.5. The van der Waals surface area contributed by atoms with Gasteiger partial charge in [-0.1, -0.05) is 23.2 Å². The van der Waals surface area contributed by atoms with Crippen molar-refractivity contribution < 1.29 is 23.8 Å². The molecule has 8 heteroatoms. The standard InChI is InChI=1S/C19H17Cl2FO4S/c1-19(25,9-6-12(20)15(22)13(21)7-9)8-14(23)16-10-4-3-5-11(10)17(27-16)18(24)26-2/h6-7,25H,3-5,8H2,1-2H3. The lowest BCUT2D eigenvalue weighted by molar-refractivity contribution is 0.0432. The number of benzene rings is 1. The summed E-state index contributed by atoms with van der Waals surface area (Å²) in [4.78, 5) is 25.8. The third-order valence-corrected chi connectivity index (χ3v) is 6.55. The van der Waals surface area contributed by atoms with Crippen LogP contribution in [-0.2, 0) is 23.2 Å². The summed E-state index contributed by atoms with van der Waals surface area (Å²) in [6, 6.07) is 2.52. The molecule has 1 atom stereocenters. The third-order valence-electron chi connectivity index (χ3n) is 4.70. The van der Waals surface area contributed by atoms with Crippen LogP contribution in [0.1, 0.15) is 55.8 Å². The Hall–Kier alpha value is -1.47. The molecule has 4 nitrogen and oxygen atoms in total. The number of carbonyl (C=O) groups is 2. The average molecular weight is 431 g/mol. The van der Waals surface area contributed by atoms with Crippen molar-refractivity contribution in [2.24, 2.45) is 0 Å². The highest BCUT2D eigenvalue weighted by Crippen LogP contribution is 2.39. The molecule has 1 unspecified atom stereocenters. The van der Waals surface area contributed by atoms with Gasteiger partial charge in [0.2, 0.25) is 0 Å². The minimum atomic E-state index is -1.60. The van der Waals surface area contributed by atoms with Crippen molar-refractivity contribution in [2.45, 2.75) is 38.2 Å². The van der Waals surface area contributed by atoms with Crippen molar-refractivity contribution in [3.63, 3.8) is 0 Å². The molecule has 144 valence electrons. The number of fused-ring (bicyclic) bond motifs is 1. The normalized spacial score (nSPS) is 15.3. The predicted molar refractivity (Wildman–Crippen MR) is 103 cm³/mol. The Labute approximate surface area is 169 Å². The van der Waals surface area contributed by atoms with Crippen molar-refractivity contribution in [2.75, 3.05) is 7.11 Å². The molecule has 2 aromatic rings. The fourth-order valence-corrected chi connectivity index (χ4v) is 5.06. The van der Waals surface area contributed by atoms with E-state index >= 15 is 0 Å². The van der Waals surface area contributed by atoms with E-state index in [0.29, 0.717) is 16.2 Å². The Bertz CT molecular complexity index is 913. The second-order valence-electron chi connectivity index (χ2n) is 6.69. The summed E-state index contributed by atoms with van der Waals surface area (Å²) in [7, 11) is 1.30. The monoisotopic (exact) mass is 430 g/mol. The molecular weight excluding hydrogens is 414 g/mol. The van der Waals surface area contributed by atoms with Gasteiger partial charge in [-0.15, -0.1) is 11.3 Å². The van der Waals surface area contributed by atoms with Crippen LogP contribution in [0.3, 0.4) is 0 Å². The highest BCUT2D eigenvalue weighted by molar-refractivity contribution is 7.16. The summed E-state index contributed by atoms with van der Waals surface area (Å²) in [6.07, 6.45) is 2.05. The number of aliphatic hydroxyl groups is 1. The van der Waals surface area contributed by atoms with Crippen LogP contribution in [0.5, 0.6) is 0 Å². The quantitative estimate of drug-likeness (QED) is 0.414. The van der Waals surface area contributed by atoms with Gasteiger partial charge in [-0.25, -0.2) is 9.18 Å². The van der Waals surface area contributed by atoms with Gasteiger partial charge in [0.15, 0.2) is 11.6 Å². The zero-order valence-corrected chi connectivity index (χ0v) is 17.0. The van der Waals surface area contributed by atoms with Gasteiger partial charge in [-0.05, 0) is 55.0 Å². The summed E-state index contributed by atoms with van der Waals surface area (Å²) >= 11 is 12.7. The molecule has 1 aromatic carbocycles. The van der Waals surface area contributed by atoms with E-state index in [0.717, 1.165) is 35.3 Å². The van der Waals surface area contributed by atoms with Gasteiger partial charge < -0.3 is 9.84 Å². The Morgan fingerprint density at radius 2 is 1.78 bits per heavy atom. The van der Waals surface area contributed by atoms with E-state index in [9.17, 15) is 19.1 Å². The molecule has 1 heterocycles. The SMILES string of the molecule is COC(=O)c1sc(C(=O)CC(C)(O)c2cc(Cl)c(F)c(Cl)c2)c2c1CCC2.